The Hall–Kier alpha value is -3.27. The van der Waals surface area contributed by atoms with E-state index in [4.69, 9.17) is 9.47 Å². The highest BCUT2D eigenvalue weighted by atomic mass is 127. The smallest absolute Gasteiger partial charge is 0.387 e. The lowest BCUT2D eigenvalue weighted by Gasteiger charge is -2.19. The van der Waals surface area contributed by atoms with E-state index in [1.165, 1.54) is 42.8 Å². The van der Waals surface area contributed by atoms with Crippen LogP contribution in [-0.4, -0.2) is 48.5 Å². The standard InChI is InChI=1S/C23H21F2IN6O4S/c1-23(2,3)36-18(33)12-31-11-16(29-21(34)15-10-28-32-8-4-7-27-20(15)32)19(30-31)14-9-13(37-26)5-6-17(14)35-22(24)25/h4-11,22H,12H2,1-3H3,(H,29,34). The van der Waals surface area contributed by atoms with Crippen molar-refractivity contribution in [2.75, 3.05) is 5.32 Å². The van der Waals surface area contributed by atoms with Gasteiger partial charge in [0, 0.05) is 50.3 Å². The number of alkyl halides is 2. The van der Waals surface area contributed by atoms with Gasteiger partial charge in [-0.25, -0.2) is 9.50 Å². The first-order chi connectivity index (χ1) is 17.5. The number of benzene rings is 1. The maximum Gasteiger partial charge on any atom is 0.387 e. The van der Waals surface area contributed by atoms with E-state index in [1.807, 2.05) is 0 Å². The van der Waals surface area contributed by atoms with Crippen LogP contribution in [0.15, 0.2) is 53.9 Å². The molecule has 0 radical (unpaired) electrons. The number of hydrogen-bond acceptors (Lipinski definition) is 8. The number of aromatic nitrogens is 5. The largest absolute Gasteiger partial charge is 0.459 e. The van der Waals surface area contributed by atoms with E-state index in [1.54, 1.807) is 45.2 Å². The molecule has 1 aromatic carbocycles. The molecule has 0 atom stereocenters. The van der Waals surface area contributed by atoms with E-state index >= 15 is 0 Å². The van der Waals surface area contributed by atoms with Gasteiger partial charge in [0.05, 0.1) is 11.9 Å². The van der Waals surface area contributed by atoms with E-state index < -0.39 is 24.1 Å². The molecule has 0 fully saturated rings. The van der Waals surface area contributed by atoms with Gasteiger partial charge in [0.2, 0.25) is 0 Å². The van der Waals surface area contributed by atoms with E-state index in [2.05, 4.69) is 41.7 Å². The molecule has 0 aliphatic carbocycles. The Bertz CT molecular complexity index is 1450. The van der Waals surface area contributed by atoms with Gasteiger partial charge in [0.15, 0.2) is 5.65 Å². The second-order valence-electron chi connectivity index (χ2n) is 8.69. The van der Waals surface area contributed by atoms with Crippen molar-refractivity contribution in [1.82, 2.24) is 24.4 Å². The number of carbonyl (C=O) groups is 2. The zero-order valence-corrected chi connectivity index (χ0v) is 22.8. The van der Waals surface area contributed by atoms with Crippen molar-refractivity contribution < 1.29 is 27.8 Å². The van der Waals surface area contributed by atoms with Crippen LogP contribution in [0.1, 0.15) is 31.1 Å². The summed E-state index contributed by atoms with van der Waals surface area (Å²) in [7, 11) is 1.36. The van der Waals surface area contributed by atoms with E-state index in [-0.39, 0.29) is 34.8 Å². The molecule has 0 saturated heterocycles. The zero-order valence-electron chi connectivity index (χ0n) is 19.8. The van der Waals surface area contributed by atoms with Crippen LogP contribution in [0.3, 0.4) is 0 Å². The molecule has 4 rings (SSSR count). The lowest BCUT2D eigenvalue weighted by atomic mass is 10.1. The molecule has 1 N–H and O–H groups in total. The summed E-state index contributed by atoms with van der Waals surface area (Å²) in [6.07, 6.45) is 5.96. The summed E-state index contributed by atoms with van der Waals surface area (Å²) in [6.45, 7) is 1.84. The minimum absolute atomic E-state index is 0.129. The maximum absolute atomic E-state index is 13.2. The molecule has 10 nitrogen and oxygen atoms in total. The first-order valence-corrected chi connectivity index (χ1v) is 14.2. The molecule has 3 heterocycles. The highest BCUT2D eigenvalue weighted by Gasteiger charge is 2.24. The molecule has 14 heteroatoms. The summed E-state index contributed by atoms with van der Waals surface area (Å²) in [5.41, 5.74) is 0.297. The van der Waals surface area contributed by atoms with Gasteiger partial charge in [-0.05, 0) is 45.0 Å². The third kappa shape index (κ3) is 6.54. The van der Waals surface area contributed by atoms with Gasteiger partial charge < -0.3 is 14.8 Å². The number of halogens is 3. The van der Waals surface area contributed by atoms with Gasteiger partial charge in [0.25, 0.3) is 5.91 Å². The SMILES string of the molecule is CC(C)(C)OC(=O)Cn1cc(NC(=O)c2cnn3cccnc23)c(-c2cc(SI)ccc2OC(F)F)n1. The first kappa shape index (κ1) is 26.8. The van der Waals surface area contributed by atoms with Crippen molar-refractivity contribution >= 4 is 53.3 Å². The van der Waals surface area contributed by atoms with Crippen molar-refractivity contribution in [2.45, 2.75) is 44.4 Å². The normalized spacial score (nSPS) is 11.6. The zero-order chi connectivity index (χ0) is 26.7. The maximum atomic E-state index is 13.2. The van der Waals surface area contributed by atoms with Crippen LogP contribution >= 0.6 is 30.1 Å². The van der Waals surface area contributed by atoms with Crippen LogP contribution in [0, 0.1) is 0 Å². The Kier molecular flexibility index (Phi) is 7.96. The molecular formula is C23H21F2IN6O4S. The van der Waals surface area contributed by atoms with Gasteiger partial charge in [-0.1, -0.05) is 8.93 Å². The fourth-order valence-corrected chi connectivity index (χ4v) is 4.52. The van der Waals surface area contributed by atoms with E-state index in [0.29, 0.717) is 5.65 Å². The van der Waals surface area contributed by atoms with E-state index in [9.17, 15) is 18.4 Å². The topological polar surface area (TPSA) is 113 Å². The predicted molar refractivity (Wildman–Crippen MR) is 141 cm³/mol. The summed E-state index contributed by atoms with van der Waals surface area (Å²) in [4.78, 5) is 30.5. The number of fused-ring (bicyclic) bond motifs is 1. The summed E-state index contributed by atoms with van der Waals surface area (Å²) in [6, 6.07) is 6.31. The van der Waals surface area contributed by atoms with Gasteiger partial charge in [-0.15, -0.1) is 0 Å². The number of esters is 1. The number of ether oxygens (including phenoxy) is 2. The average molecular weight is 642 g/mol. The molecule has 0 spiro atoms. The molecular weight excluding hydrogens is 621 g/mol. The van der Waals surface area contributed by atoms with Gasteiger partial charge in [0.1, 0.15) is 29.2 Å². The molecule has 0 bridgehead atoms. The number of nitrogens with zero attached hydrogens (tertiary/aromatic N) is 5. The predicted octanol–water partition coefficient (Wildman–Crippen LogP) is 5.23. The lowest BCUT2D eigenvalue weighted by molar-refractivity contribution is -0.155. The highest BCUT2D eigenvalue weighted by Crippen LogP contribution is 2.39. The van der Waals surface area contributed by atoms with Gasteiger partial charge in [-0.3, -0.25) is 14.3 Å². The number of anilines is 1. The first-order valence-electron chi connectivity index (χ1n) is 10.8. The van der Waals surface area contributed by atoms with Crippen LogP contribution in [-0.2, 0) is 16.1 Å². The Morgan fingerprint density at radius 1 is 1.27 bits per heavy atom. The molecule has 3 aromatic heterocycles. The van der Waals surface area contributed by atoms with Crippen LogP contribution in [0.5, 0.6) is 5.75 Å². The average Bonchev–Trinajstić information content (AvgIpc) is 3.41. The highest BCUT2D eigenvalue weighted by molar-refractivity contribution is 14.2. The van der Waals surface area contributed by atoms with Crippen molar-refractivity contribution in [2.24, 2.45) is 0 Å². The van der Waals surface area contributed by atoms with Crippen LogP contribution < -0.4 is 10.1 Å². The fraction of sp³-hybridized carbons (Fsp3) is 0.261. The summed E-state index contributed by atoms with van der Waals surface area (Å²) < 4.78 is 39.1. The fourth-order valence-electron chi connectivity index (χ4n) is 3.42. The molecule has 0 aliphatic heterocycles. The number of carbonyl (C=O) groups excluding carboxylic acids is 2. The molecule has 0 aliphatic rings. The van der Waals surface area contributed by atoms with Gasteiger partial charge >= 0.3 is 12.6 Å². The van der Waals surface area contributed by atoms with Crippen molar-refractivity contribution in [3.8, 4) is 17.0 Å². The number of rotatable bonds is 8. The second-order valence-corrected chi connectivity index (χ2v) is 10.6. The van der Waals surface area contributed by atoms with Crippen LogP contribution in [0.4, 0.5) is 14.5 Å². The summed E-state index contributed by atoms with van der Waals surface area (Å²) in [5.74, 6) is -1.26. The van der Waals surface area contributed by atoms with Gasteiger partial charge in [-0.2, -0.15) is 19.0 Å². The van der Waals surface area contributed by atoms with Crippen molar-refractivity contribution in [3.63, 3.8) is 0 Å². The third-order valence-corrected chi connectivity index (χ3v) is 6.71. The molecule has 194 valence electrons. The third-order valence-electron chi connectivity index (χ3n) is 4.76. The monoisotopic (exact) mass is 642 g/mol. The summed E-state index contributed by atoms with van der Waals surface area (Å²) >= 11 is 2.06. The number of hydrogen-bond donors (Lipinski definition) is 1. The molecule has 0 saturated carbocycles. The van der Waals surface area contributed by atoms with Crippen LogP contribution in [0.25, 0.3) is 16.9 Å². The van der Waals surface area contributed by atoms with Crippen molar-refractivity contribution in [3.05, 3.63) is 54.6 Å². The summed E-state index contributed by atoms with van der Waals surface area (Å²) in [5, 5.41) is 11.3. The Morgan fingerprint density at radius 2 is 2.05 bits per heavy atom. The Morgan fingerprint density at radius 3 is 2.76 bits per heavy atom. The minimum atomic E-state index is -3.08. The number of amides is 1. The Balaban J connectivity index is 1.76. The molecule has 37 heavy (non-hydrogen) atoms. The quantitative estimate of drug-likeness (QED) is 0.206. The molecule has 4 aromatic rings. The Labute approximate surface area is 226 Å². The number of nitrogens with one attached hydrogen (secondary N) is 1. The molecule has 0 unspecified atom stereocenters. The van der Waals surface area contributed by atoms with Crippen LogP contribution in [0.2, 0.25) is 0 Å². The second kappa shape index (κ2) is 11.0. The van der Waals surface area contributed by atoms with E-state index in [0.717, 1.165) is 4.90 Å². The molecule has 1 amide bonds. The minimum Gasteiger partial charge on any atom is -0.459 e. The lowest BCUT2D eigenvalue weighted by Crippen LogP contribution is -2.26. The van der Waals surface area contributed by atoms with Crippen molar-refractivity contribution in [1.29, 1.82) is 0 Å².